The largest absolute Gasteiger partial charge is 0.504 e. The van der Waals surface area contributed by atoms with Gasteiger partial charge in [0, 0.05) is 5.56 Å². The van der Waals surface area contributed by atoms with Gasteiger partial charge in [-0.3, -0.25) is 4.79 Å². The van der Waals surface area contributed by atoms with E-state index in [2.05, 4.69) is 10.5 Å². The average Bonchev–Trinajstić information content (AvgIpc) is 2.60. The molecule has 0 aliphatic rings. The third kappa shape index (κ3) is 4.31. The van der Waals surface area contributed by atoms with E-state index in [-0.39, 0.29) is 5.56 Å². The average molecular weight is 346 g/mol. The fraction of sp³-hybridized carbons (Fsp3) is 0.176. The molecular weight excluding hydrogens is 328 g/mol. The summed E-state index contributed by atoms with van der Waals surface area (Å²) in [6.07, 6.45) is 1.40. The van der Waals surface area contributed by atoms with Gasteiger partial charge < -0.3 is 24.8 Å². The van der Waals surface area contributed by atoms with Crippen molar-refractivity contribution < 1.29 is 29.6 Å². The van der Waals surface area contributed by atoms with E-state index in [0.717, 1.165) is 12.1 Å². The number of benzene rings is 2. The van der Waals surface area contributed by atoms with Crippen molar-refractivity contribution in [2.24, 2.45) is 5.10 Å². The Morgan fingerprint density at radius 1 is 1.16 bits per heavy atom. The number of rotatable bonds is 6. The van der Waals surface area contributed by atoms with E-state index in [9.17, 15) is 20.1 Å². The lowest BCUT2D eigenvalue weighted by Crippen LogP contribution is -2.17. The van der Waals surface area contributed by atoms with Gasteiger partial charge in [0.15, 0.2) is 28.7 Å². The molecule has 0 saturated heterocycles. The lowest BCUT2D eigenvalue weighted by molar-refractivity contribution is 0.0954. The van der Waals surface area contributed by atoms with Gasteiger partial charge in [-0.1, -0.05) is 0 Å². The highest BCUT2D eigenvalue weighted by molar-refractivity contribution is 5.96. The topological polar surface area (TPSA) is 121 Å². The van der Waals surface area contributed by atoms with Crippen LogP contribution in [0.2, 0.25) is 0 Å². The van der Waals surface area contributed by atoms with Crippen LogP contribution in [0.5, 0.6) is 28.7 Å². The van der Waals surface area contributed by atoms with Crippen LogP contribution in [0.25, 0.3) is 0 Å². The first kappa shape index (κ1) is 17.9. The minimum absolute atomic E-state index is 0.0609. The van der Waals surface area contributed by atoms with Crippen molar-refractivity contribution in [1.82, 2.24) is 5.43 Å². The van der Waals surface area contributed by atoms with Gasteiger partial charge in [0.05, 0.1) is 19.9 Å². The minimum Gasteiger partial charge on any atom is -0.504 e. The maximum atomic E-state index is 11.9. The molecule has 2 aromatic rings. The molecule has 0 aromatic heterocycles. The quantitative estimate of drug-likeness (QED) is 0.360. The number of hydrazone groups is 1. The lowest BCUT2D eigenvalue weighted by atomic mass is 10.2. The van der Waals surface area contributed by atoms with Crippen LogP contribution in [0, 0.1) is 0 Å². The molecule has 0 aliphatic heterocycles. The molecule has 0 spiro atoms. The Hall–Kier alpha value is -3.42. The maximum Gasteiger partial charge on any atom is 0.271 e. The molecule has 132 valence electrons. The highest BCUT2D eigenvalue weighted by atomic mass is 16.5. The van der Waals surface area contributed by atoms with Gasteiger partial charge in [0.2, 0.25) is 0 Å². The number of nitrogens with one attached hydrogen (secondary N) is 1. The number of ether oxygens (including phenoxy) is 2. The summed E-state index contributed by atoms with van der Waals surface area (Å²) >= 11 is 0. The summed E-state index contributed by atoms with van der Waals surface area (Å²) in [6, 6.07) is 7.18. The molecule has 0 aliphatic carbocycles. The standard InChI is InChI=1S/C17H18N2O6/c1-3-25-14-5-4-10(6-15(14)24-2)9-18-19-17(23)11-7-12(20)16(22)13(21)8-11/h4-9,20-22H,3H2,1-2H3,(H,19,23)/b18-9+. The van der Waals surface area contributed by atoms with Crippen molar-refractivity contribution in [3.05, 3.63) is 41.5 Å². The maximum absolute atomic E-state index is 11.9. The van der Waals surface area contributed by atoms with E-state index in [1.54, 1.807) is 18.2 Å². The molecule has 1 amide bonds. The second-order valence-corrected chi connectivity index (χ2v) is 4.91. The molecule has 0 radical (unpaired) electrons. The van der Waals surface area contributed by atoms with Crippen LogP contribution in [0.1, 0.15) is 22.8 Å². The number of phenols is 3. The highest BCUT2D eigenvalue weighted by Crippen LogP contribution is 2.35. The monoisotopic (exact) mass is 346 g/mol. The fourth-order valence-corrected chi connectivity index (χ4v) is 2.00. The van der Waals surface area contributed by atoms with E-state index in [4.69, 9.17) is 9.47 Å². The second-order valence-electron chi connectivity index (χ2n) is 4.91. The number of hydrogen-bond donors (Lipinski definition) is 4. The van der Waals surface area contributed by atoms with Crippen LogP contribution in [0.4, 0.5) is 0 Å². The zero-order valence-electron chi connectivity index (χ0n) is 13.7. The molecule has 0 fully saturated rings. The first-order valence-corrected chi connectivity index (χ1v) is 7.35. The Balaban J connectivity index is 2.09. The minimum atomic E-state index is -0.693. The number of phenolic OH excluding ortho intramolecular Hbond substituents is 3. The zero-order chi connectivity index (χ0) is 18.4. The van der Waals surface area contributed by atoms with Crippen LogP contribution in [-0.2, 0) is 0 Å². The van der Waals surface area contributed by atoms with E-state index in [0.29, 0.717) is 23.7 Å². The number of methoxy groups -OCH3 is 1. The van der Waals surface area contributed by atoms with Crippen LogP contribution in [0.3, 0.4) is 0 Å². The van der Waals surface area contributed by atoms with Crippen molar-refractivity contribution in [3.63, 3.8) is 0 Å². The summed E-state index contributed by atoms with van der Waals surface area (Å²) in [5, 5.41) is 31.9. The molecule has 0 bridgehead atoms. The molecule has 0 heterocycles. The number of carbonyl (C=O) groups excluding carboxylic acids is 1. The third-order valence-electron chi connectivity index (χ3n) is 3.20. The predicted octanol–water partition coefficient (Wildman–Crippen LogP) is 1.97. The predicted molar refractivity (Wildman–Crippen MR) is 90.7 cm³/mol. The smallest absolute Gasteiger partial charge is 0.271 e. The molecular formula is C17H18N2O6. The summed E-state index contributed by atoms with van der Waals surface area (Å²) in [5.41, 5.74) is 2.86. The molecule has 0 atom stereocenters. The molecule has 0 unspecified atom stereocenters. The summed E-state index contributed by atoms with van der Waals surface area (Å²) in [6.45, 7) is 2.37. The Bertz CT molecular complexity index is 781. The zero-order valence-corrected chi connectivity index (χ0v) is 13.7. The third-order valence-corrected chi connectivity index (χ3v) is 3.20. The van der Waals surface area contributed by atoms with Crippen LogP contribution >= 0.6 is 0 Å². The molecule has 2 rings (SSSR count). The van der Waals surface area contributed by atoms with Gasteiger partial charge in [-0.05, 0) is 42.8 Å². The highest BCUT2D eigenvalue weighted by Gasteiger charge is 2.13. The first-order valence-electron chi connectivity index (χ1n) is 7.35. The van der Waals surface area contributed by atoms with Crippen molar-refractivity contribution in [2.45, 2.75) is 6.92 Å². The Morgan fingerprint density at radius 3 is 2.44 bits per heavy atom. The van der Waals surface area contributed by atoms with Gasteiger partial charge >= 0.3 is 0 Å². The fourth-order valence-electron chi connectivity index (χ4n) is 2.00. The summed E-state index contributed by atoms with van der Waals surface area (Å²) < 4.78 is 10.6. The van der Waals surface area contributed by atoms with Gasteiger partial charge in [0.25, 0.3) is 5.91 Å². The lowest BCUT2D eigenvalue weighted by Gasteiger charge is -2.09. The van der Waals surface area contributed by atoms with Crippen LogP contribution < -0.4 is 14.9 Å². The number of hydrogen-bond acceptors (Lipinski definition) is 7. The number of aromatic hydroxyl groups is 3. The van der Waals surface area contributed by atoms with Gasteiger partial charge in [0.1, 0.15) is 0 Å². The molecule has 0 saturated carbocycles. The molecule has 2 aromatic carbocycles. The number of carbonyl (C=O) groups is 1. The van der Waals surface area contributed by atoms with Crippen LogP contribution in [0.15, 0.2) is 35.4 Å². The molecule has 4 N–H and O–H groups in total. The van der Waals surface area contributed by atoms with E-state index in [1.165, 1.54) is 13.3 Å². The Labute approximate surface area is 143 Å². The Morgan fingerprint density at radius 2 is 1.84 bits per heavy atom. The van der Waals surface area contributed by atoms with Crippen molar-refractivity contribution >= 4 is 12.1 Å². The summed E-state index contributed by atoms with van der Waals surface area (Å²) in [7, 11) is 1.52. The van der Waals surface area contributed by atoms with Crippen LogP contribution in [-0.4, -0.2) is 41.2 Å². The van der Waals surface area contributed by atoms with Gasteiger partial charge in [-0.25, -0.2) is 5.43 Å². The second kappa shape index (κ2) is 7.91. The molecule has 8 nitrogen and oxygen atoms in total. The van der Waals surface area contributed by atoms with Gasteiger partial charge in [-0.2, -0.15) is 5.10 Å². The number of amides is 1. The van der Waals surface area contributed by atoms with Crippen molar-refractivity contribution in [2.75, 3.05) is 13.7 Å². The summed E-state index contributed by atoms with van der Waals surface area (Å²) in [5.74, 6) is -1.44. The van der Waals surface area contributed by atoms with E-state index in [1.807, 2.05) is 6.92 Å². The Kier molecular flexibility index (Phi) is 5.67. The van der Waals surface area contributed by atoms with E-state index < -0.39 is 23.2 Å². The SMILES string of the molecule is CCOc1ccc(/C=N/NC(=O)c2cc(O)c(O)c(O)c2)cc1OC. The molecule has 8 heteroatoms. The molecule has 25 heavy (non-hydrogen) atoms. The normalized spacial score (nSPS) is 10.6. The van der Waals surface area contributed by atoms with E-state index >= 15 is 0 Å². The van der Waals surface area contributed by atoms with Crippen molar-refractivity contribution in [3.8, 4) is 28.7 Å². The van der Waals surface area contributed by atoms with Gasteiger partial charge in [-0.15, -0.1) is 0 Å². The summed E-state index contributed by atoms with van der Waals surface area (Å²) in [4.78, 5) is 11.9. The first-order chi connectivity index (χ1) is 12.0. The van der Waals surface area contributed by atoms with Crippen molar-refractivity contribution in [1.29, 1.82) is 0 Å². The number of nitrogens with zero attached hydrogens (tertiary/aromatic N) is 1.